The molecule has 2 aromatic carbocycles. The molecule has 0 spiro atoms. The number of hydrogen-bond donors (Lipinski definition) is 1. The molecule has 2 aromatic rings. The number of aliphatic hydroxyl groups excluding tert-OH is 1. The van der Waals surface area contributed by atoms with E-state index < -0.39 is 6.10 Å². The Morgan fingerprint density at radius 2 is 1.68 bits per heavy atom. The highest BCUT2D eigenvalue weighted by Crippen LogP contribution is 2.39. The van der Waals surface area contributed by atoms with Gasteiger partial charge in [0.25, 0.3) is 0 Å². The van der Waals surface area contributed by atoms with Crippen molar-refractivity contribution in [2.24, 2.45) is 0 Å². The summed E-state index contributed by atoms with van der Waals surface area (Å²) in [5.41, 5.74) is 4.59. The molecule has 1 aliphatic heterocycles. The predicted molar refractivity (Wildman–Crippen MR) is 155 cm³/mol. The van der Waals surface area contributed by atoms with Crippen LogP contribution in [-0.2, 0) is 36.9 Å². The van der Waals surface area contributed by atoms with Gasteiger partial charge in [0.05, 0.1) is 63.6 Å². The van der Waals surface area contributed by atoms with Crippen LogP contribution in [0.3, 0.4) is 0 Å². The van der Waals surface area contributed by atoms with Crippen molar-refractivity contribution >= 4 is 5.69 Å². The summed E-state index contributed by atoms with van der Waals surface area (Å²) in [5.74, 6) is 1.02. The largest absolute Gasteiger partial charge is 0.490 e. The van der Waals surface area contributed by atoms with E-state index in [1.807, 2.05) is 0 Å². The van der Waals surface area contributed by atoms with Gasteiger partial charge in [-0.05, 0) is 61.4 Å². The minimum atomic E-state index is -0.502. The van der Waals surface area contributed by atoms with Crippen LogP contribution in [0.1, 0.15) is 55.2 Å². The molecule has 0 unspecified atom stereocenters. The van der Waals surface area contributed by atoms with Crippen LogP contribution >= 0.6 is 0 Å². The molecule has 0 saturated heterocycles. The molecule has 1 fully saturated rings. The van der Waals surface area contributed by atoms with E-state index in [1.54, 1.807) is 21.1 Å². The Balaban J connectivity index is 1.45. The lowest BCUT2D eigenvalue weighted by Crippen LogP contribution is -2.38. The van der Waals surface area contributed by atoms with Crippen molar-refractivity contribution in [2.45, 2.75) is 70.1 Å². The van der Waals surface area contributed by atoms with Gasteiger partial charge in [0.2, 0.25) is 0 Å². The van der Waals surface area contributed by atoms with Crippen LogP contribution in [0.25, 0.3) is 0 Å². The first-order chi connectivity index (χ1) is 19.6. The zero-order valence-corrected chi connectivity index (χ0v) is 24.4. The number of hydrogen-bond acceptors (Lipinski definition) is 8. The van der Waals surface area contributed by atoms with Gasteiger partial charge in [-0.2, -0.15) is 0 Å². The summed E-state index contributed by atoms with van der Waals surface area (Å²) in [6, 6.07) is 15.0. The second-order valence-corrected chi connectivity index (χ2v) is 10.8. The van der Waals surface area contributed by atoms with E-state index in [2.05, 4.69) is 47.4 Å². The number of rotatable bonds is 16. The molecule has 222 valence electrons. The molecule has 0 amide bonds. The monoisotopic (exact) mass is 557 g/mol. The number of ether oxygens (including phenoxy) is 6. The second kappa shape index (κ2) is 16.3. The molecule has 0 aromatic heterocycles. The fraction of sp³-hybridized carbons (Fsp3) is 0.625. The lowest BCUT2D eigenvalue weighted by Gasteiger charge is -2.38. The third-order valence-electron chi connectivity index (χ3n) is 7.62. The number of fused-ring (bicyclic) bond motifs is 1. The molecule has 40 heavy (non-hydrogen) atoms. The average Bonchev–Trinajstić information content (AvgIpc) is 2.98. The van der Waals surface area contributed by atoms with Crippen LogP contribution in [0.2, 0.25) is 0 Å². The molecular weight excluding hydrogens is 510 g/mol. The van der Waals surface area contributed by atoms with Crippen LogP contribution in [-0.4, -0.2) is 83.8 Å². The summed E-state index contributed by atoms with van der Waals surface area (Å²) >= 11 is 0. The SMILES string of the molecule is COCCCN1CCOc2ccc(CO[C@H]3CCC[C@@H](OC[C@@H](C)O)[C@@H]3c3ccc(COCCOC)cc3)cc21. The maximum Gasteiger partial charge on any atom is 0.142 e. The van der Waals surface area contributed by atoms with Gasteiger partial charge in [0.1, 0.15) is 12.4 Å². The molecule has 1 heterocycles. The zero-order valence-electron chi connectivity index (χ0n) is 24.4. The van der Waals surface area contributed by atoms with E-state index in [1.165, 1.54) is 5.56 Å². The molecule has 0 bridgehead atoms. The Kier molecular flexibility index (Phi) is 12.5. The lowest BCUT2D eigenvalue weighted by atomic mass is 9.79. The Morgan fingerprint density at radius 3 is 2.42 bits per heavy atom. The summed E-state index contributed by atoms with van der Waals surface area (Å²) < 4.78 is 34.8. The molecule has 1 N–H and O–H groups in total. The summed E-state index contributed by atoms with van der Waals surface area (Å²) in [4.78, 5) is 2.38. The van der Waals surface area contributed by atoms with Crippen molar-refractivity contribution in [1.29, 1.82) is 0 Å². The van der Waals surface area contributed by atoms with Crippen LogP contribution < -0.4 is 9.64 Å². The molecule has 0 radical (unpaired) electrons. The van der Waals surface area contributed by atoms with Gasteiger partial charge in [-0.15, -0.1) is 0 Å². The molecule has 1 saturated carbocycles. The smallest absolute Gasteiger partial charge is 0.142 e. The van der Waals surface area contributed by atoms with Gasteiger partial charge in [-0.25, -0.2) is 0 Å². The molecule has 4 rings (SSSR count). The lowest BCUT2D eigenvalue weighted by molar-refractivity contribution is -0.0835. The standard InChI is InChI=1S/C32H47NO7/c1-24(34)21-39-30-6-4-7-31(32(30)27-11-8-25(9-12-27)22-37-19-18-36-3)40-23-26-10-13-29-28(20-26)33(15-17-38-29)14-5-16-35-2/h8-13,20,24,30-32,34H,4-7,14-19,21-23H2,1-3H3/t24-,30-,31+,32+/m1/s1. The molecule has 1 aliphatic carbocycles. The van der Waals surface area contributed by atoms with Crippen LogP contribution in [0, 0.1) is 0 Å². The van der Waals surface area contributed by atoms with E-state index in [0.29, 0.717) is 39.6 Å². The van der Waals surface area contributed by atoms with Crippen molar-refractivity contribution in [1.82, 2.24) is 0 Å². The average molecular weight is 558 g/mol. The second-order valence-electron chi connectivity index (χ2n) is 10.8. The molecule has 8 heteroatoms. The summed E-state index contributed by atoms with van der Waals surface area (Å²) in [5, 5.41) is 9.90. The van der Waals surface area contributed by atoms with E-state index in [4.69, 9.17) is 28.4 Å². The van der Waals surface area contributed by atoms with E-state index in [-0.39, 0.29) is 18.1 Å². The normalized spacial score (nSPS) is 21.6. The Bertz CT molecular complexity index is 999. The van der Waals surface area contributed by atoms with Crippen LogP contribution in [0.4, 0.5) is 5.69 Å². The van der Waals surface area contributed by atoms with Crippen LogP contribution in [0.5, 0.6) is 5.75 Å². The van der Waals surface area contributed by atoms with Crippen molar-refractivity contribution < 1.29 is 33.5 Å². The number of benzene rings is 2. The van der Waals surface area contributed by atoms with E-state index in [9.17, 15) is 5.11 Å². The summed E-state index contributed by atoms with van der Waals surface area (Å²) in [6.45, 7) is 7.60. The fourth-order valence-corrected chi connectivity index (χ4v) is 5.60. The van der Waals surface area contributed by atoms with Gasteiger partial charge in [0.15, 0.2) is 0 Å². The van der Waals surface area contributed by atoms with Crippen molar-refractivity contribution in [2.75, 3.05) is 65.2 Å². The van der Waals surface area contributed by atoms with Crippen molar-refractivity contribution in [3.05, 3.63) is 59.2 Å². The number of methoxy groups -OCH3 is 2. The highest BCUT2D eigenvalue weighted by Gasteiger charge is 2.36. The Hall–Kier alpha value is -2.20. The Morgan fingerprint density at radius 1 is 0.925 bits per heavy atom. The number of anilines is 1. The maximum absolute atomic E-state index is 9.90. The van der Waals surface area contributed by atoms with Crippen molar-refractivity contribution in [3.63, 3.8) is 0 Å². The first kappa shape index (κ1) is 30.8. The number of aliphatic hydroxyl groups is 1. The van der Waals surface area contributed by atoms with Gasteiger partial charge in [0, 0.05) is 33.3 Å². The van der Waals surface area contributed by atoms with E-state index in [0.717, 1.165) is 67.9 Å². The maximum atomic E-state index is 9.90. The third kappa shape index (κ3) is 8.90. The van der Waals surface area contributed by atoms with E-state index >= 15 is 0 Å². The minimum Gasteiger partial charge on any atom is -0.490 e. The molecule has 8 nitrogen and oxygen atoms in total. The number of nitrogens with zero attached hydrogens (tertiary/aromatic N) is 1. The topological polar surface area (TPSA) is 78.9 Å². The minimum absolute atomic E-state index is 0.00892. The van der Waals surface area contributed by atoms with Crippen molar-refractivity contribution in [3.8, 4) is 5.75 Å². The van der Waals surface area contributed by atoms with Gasteiger partial charge in [-0.1, -0.05) is 30.3 Å². The van der Waals surface area contributed by atoms with Crippen LogP contribution in [0.15, 0.2) is 42.5 Å². The highest BCUT2D eigenvalue weighted by molar-refractivity contribution is 5.61. The summed E-state index contributed by atoms with van der Waals surface area (Å²) in [7, 11) is 3.42. The first-order valence-corrected chi connectivity index (χ1v) is 14.7. The zero-order chi connectivity index (χ0) is 28.2. The van der Waals surface area contributed by atoms with Gasteiger partial charge in [-0.3, -0.25) is 0 Å². The Labute approximate surface area is 239 Å². The predicted octanol–water partition coefficient (Wildman–Crippen LogP) is 4.70. The molecule has 2 aliphatic rings. The summed E-state index contributed by atoms with van der Waals surface area (Å²) in [6.07, 6.45) is 3.43. The van der Waals surface area contributed by atoms with Gasteiger partial charge < -0.3 is 38.4 Å². The first-order valence-electron chi connectivity index (χ1n) is 14.7. The highest BCUT2D eigenvalue weighted by atomic mass is 16.5. The quantitative estimate of drug-likeness (QED) is 0.298. The third-order valence-corrected chi connectivity index (χ3v) is 7.62. The molecule has 4 atom stereocenters. The fourth-order valence-electron chi connectivity index (χ4n) is 5.60. The van der Waals surface area contributed by atoms with Gasteiger partial charge >= 0.3 is 0 Å². The molecular formula is C32H47NO7.